The van der Waals surface area contributed by atoms with E-state index in [4.69, 9.17) is 23.2 Å². The van der Waals surface area contributed by atoms with E-state index < -0.39 is 10.8 Å². The highest BCUT2D eigenvalue weighted by Crippen LogP contribution is 2.60. The third-order valence-electron chi connectivity index (χ3n) is 5.17. The van der Waals surface area contributed by atoms with Gasteiger partial charge in [0.2, 0.25) is 5.91 Å². The van der Waals surface area contributed by atoms with E-state index in [2.05, 4.69) is 5.32 Å². The highest BCUT2D eigenvalue weighted by atomic mass is 35.5. The molecule has 1 aromatic carbocycles. The fourth-order valence-corrected chi connectivity index (χ4v) is 4.27. The Morgan fingerprint density at radius 2 is 2.05 bits per heavy atom. The maximum atomic E-state index is 12.7. The van der Waals surface area contributed by atoms with Crippen molar-refractivity contribution in [2.45, 2.75) is 33.1 Å². The second-order valence-electron chi connectivity index (χ2n) is 6.65. The minimum absolute atomic E-state index is 0.0637. The zero-order valence-corrected chi connectivity index (χ0v) is 13.5. The highest BCUT2D eigenvalue weighted by Gasteiger charge is 2.65. The van der Waals surface area contributed by atoms with E-state index in [9.17, 15) is 9.59 Å². The number of carbonyl (C=O) groups is 2. The first-order chi connectivity index (χ1) is 9.77. The second-order valence-corrected chi connectivity index (χ2v) is 7.49. The number of Topliss-reactive ketones (excluding diaryl/α,β-unsaturated/α-hetero) is 1. The first-order valence-corrected chi connectivity index (χ1v) is 7.84. The topological polar surface area (TPSA) is 46.2 Å². The molecule has 5 heteroatoms. The molecule has 2 saturated carbocycles. The molecule has 0 aliphatic heterocycles. The zero-order chi connectivity index (χ0) is 15.4. The molecule has 1 N–H and O–H groups in total. The van der Waals surface area contributed by atoms with Gasteiger partial charge in [-0.2, -0.15) is 0 Å². The number of hydrogen-bond donors (Lipinski definition) is 1. The number of nitrogens with one attached hydrogen (secondary N) is 1. The number of carbonyl (C=O) groups excluding carboxylic acids is 2. The number of fused-ring (bicyclic) bond motifs is 2. The number of hydrogen-bond acceptors (Lipinski definition) is 2. The fourth-order valence-electron chi connectivity index (χ4n) is 3.81. The SMILES string of the molecule is CC1(C)C(=O)[C@]2(C(=O)Nc3ccc(Cl)cc3Cl)CC[C@@H]1C2. The molecular formula is C16H17Cl2NO2. The van der Waals surface area contributed by atoms with Crippen LogP contribution in [0.2, 0.25) is 10.0 Å². The average molecular weight is 326 g/mol. The lowest BCUT2D eigenvalue weighted by molar-refractivity contribution is -0.142. The van der Waals surface area contributed by atoms with Crippen LogP contribution in [0.4, 0.5) is 5.69 Å². The molecule has 2 aliphatic carbocycles. The van der Waals surface area contributed by atoms with Gasteiger partial charge in [0, 0.05) is 10.4 Å². The van der Waals surface area contributed by atoms with Gasteiger partial charge < -0.3 is 5.32 Å². The number of rotatable bonds is 2. The summed E-state index contributed by atoms with van der Waals surface area (Å²) in [5.41, 5.74) is -0.780. The van der Waals surface area contributed by atoms with Gasteiger partial charge in [0.15, 0.2) is 5.78 Å². The van der Waals surface area contributed by atoms with Crippen LogP contribution in [0.5, 0.6) is 0 Å². The number of ketones is 1. The molecule has 1 aromatic rings. The predicted molar refractivity (Wildman–Crippen MR) is 83.7 cm³/mol. The van der Waals surface area contributed by atoms with E-state index >= 15 is 0 Å². The van der Waals surface area contributed by atoms with Crippen LogP contribution in [0.15, 0.2) is 18.2 Å². The van der Waals surface area contributed by atoms with Crippen molar-refractivity contribution in [1.29, 1.82) is 0 Å². The summed E-state index contributed by atoms with van der Waals surface area (Å²) in [6.45, 7) is 3.90. The van der Waals surface area contributed by atoms with Gasteiger partial charge in [-0.05, 0) is 43.4 Å². The third-order valence-corrected chi connectivity index (χ3v) is 5.72. The van der Waals surface area contributed by atoms with E-state index in [0.29, 0.717) is 34.5 Å². The van der Waals surface area contributed by atoms with Crippen molar-refractivity contribution in [3.63, 3.8) is 0 Å². The van der Waals surface area contributed by atoms with Crippen molar-refractivity contribution in [3.8, 4) is 0 Å². The zero-order valence-electron chi connectivity index (χ0n) is 12.0. The second kappa shape index (κ2) is 4.72. The van der Waals surface area contributed by atoms with Gasteiger partial charge in [-0.3, -0.25) is 9.59 Å². The van der Waals surface area contributed by atoms with E-state index in [-0.39, 0.29) is 11.7 Å². The summed E-state index contributed by atoms with van der Waals surface area (Å²) in [5.74, 6) is 0.134. The van der Waals surface area contributed by atoms with Crippen LogP contribution in [-0.2, 0) is 9.59 Å². The molecule has 3 nitrogen and oxygen atoms in total. The van der Waals surface area contributed by atoms with Crippen LogP contribution < -0.4 is 5.32 Å². The van der Waals surface area contributed by atoms with Gasteiger partial charge >= 0.3 is 0 Å². The first kappa shape index (κ1) is 14.9. The van der Waals surface area contributed by atoms with Gasteiger partial charge in [0.25, 0.3) is 0 Å². The molecule has 0 saturated heterocycles. The minimum Gasteiger partial charge on any atom is -0.324 e. The molecule has 2 fully saturated rings. The summed E-state index contributed by atoms with van der Waals surface area (Å²) in [7, 11) is 0. The number of halogens is 2. The largest absolute Gasteiger partial charge is 0.324 e. The fraction of sp³-hybridized carbons (Fsp3) is 0.500. The predicted octanol–water partition coefficient (Wildman–Crippen LogP) is 4.33. The summed E-state index contributed by atoms with van der Waals surface area (Å²) in [4.78, 5) is 25.4. The Morgan fingerprint density at radius 1 is 1.33 bits per heavy atom. The van der Waals surface area contributed by atoms with Crippen molar-refractivity contribution in [2.24, 2.45) is 16.7 Å². The van der Waals surface area contributed by atoms with Crippen LogP contribution >= 0.6 is 23.2 Å². The van der Waals surface area contributed by atoms with Gasteiger partial charge in [-0.15, -0.1) is 0 Å². The molecule has 0 radical (unpaired) electrons. The summed E-state index contributed by atoms with van der Waals surface area (Å²) >= 11 is 11.9. The van der Waals surface area contributed by atoms with E-state index in [0.717, 1.165) is 6.42 Å². The van der Waals surface area contributed by atoms with Crippen molar-refractivity contribution in [3.05, 3.63) is 28.2 Å². The maximum absolute atomic E-state index is 12.7. The van der Waals surface area contributed by atoms with Crippen molar-refractivity contribution >= 4 is 40.6 Å². The first-order valence-electron chi connectivity index (χ1n) is 7.09. The van der Waals surface area contributed by atoms with Gasteiger partial charge in [0.05, 0.1) is 10.7 Å². The lowest BCUT2D eigenvalue weighted by atomic mass is 9.70. The summed E-state index contributed by atoms with van der Waals surface area (Å²) < 4.78 is 0. The molecule has 0 spiro atoms. The van der Waals surface area contributed by atoms with Crippen LogP contribution in [-0.4, -0.2) is 11.7 Å². The van der Waals surface area contributed by atoms with Gasteiger partial charge in [-0.1, -0.05) is 37.0 Å². The third kappa shape index (κ3) is 2.09. The smallest absolute Gasteiger partial charge is 0.238 e. The Bertz CT molecular complexity index is 641. The Morgan fingerprint density at radius 3 is 2.62 bits per heavy atom. The molecule has 21 heavy (non-hydrogen) atoms. The van der Waals surface area contributed by atoms with Crippen molar-refractivity contribution in [1.82, 2.24) is 0 Å². The van der Waals surface area contributed by atoms with Gasteiger partial charge in [0.1, 0.15) is 5.41 Å². The highest BCUT2D eigenvalue weighted by molar-refractivity contribution is 6.36. The monoisotopic (exact) mass is 325 g/mol. The summed E-state index contributed by atoms with van der Waals surface area (Å²) in [6.07, 6.45) is 2.22. The van der Waals surface area contributed by atoms with Crippen molar-refractivity contribution < 1.29 is 9.59 Å². The minimum atomic E-state index is -0.878. The number of anilines is 1. The number of amides is 1. The molecule has 1 amide bonds. The Labute approximate surface area is 134 Å². The molecule has 0 aromatic heterocycles. The molecule has 2 aliphatic rings. The van der Waals surface area contributed by atoms with Crippen molar-refractivity contribution in [2.75, 3.05) is 5.32 Å². The molecule has 2 bridgehead atoms. The Hall–Kier alpha value is -1.06. The van der Waals surface area contributed by atoms with Gasteiger partial charge in [-0.25, -0.2) is 0 Å². The Balaban J connectivity index is 1.88. The average Bonchev–Trinajstić information content (AvgIpc) is 2.93. The number of benzene rings is 1. The molecule has 2 atom stereocenters. The molecule has 0 unspecified atom stereocenters. The molecule has 0 heterocycles. The maximum Gasteiger partial charge on any atom is 0.238 e. The standard InChI is InChI=1S/C16H17Cl2NO2/c1-15(2)9-5-6-16(8-9,13(15)20)14(21)19-12-4-3-10(17)7-11(12)18/h3-4,7,9H,5-6,8H2,1-2H3,(H,19,21)/t9-,16+/m1/s1. The molecular weight excluding hydrogens is 309 g/mol. The lowest BCUT2D eigenvalue weighted by Gasteiger charge is -2.32. The van der Waals surface area contributed by atoms with E-state index in [1.807, 2.05) is 13.8 Å². The van der Waals surface area contributed by atoms with Crippen LogP contribution in [0.3, 0.4) is 0 Å². The lowest BCUT2D eigenvalue weighted by Crippen LogP contribution is -2.44. The normalized spacial score (nSPS) is 29.7. The molecule has 112 valence electrons. The molecule has 3 rings (SSSR count). The quantitative estimate of drug-likeness (QED) is 0.823. The van der Waals surface area contributed by atoms with Crippen LogP contribution in [0.1, 0.15) is 33.1 Å². The van der Waals surface area contributed by atoms with Crippen LogP contribution in [0, 0.1) is 16.7 Å². The van der Waals surface area contributed by atoms with E-state index in [1.54, 1.807) is 18.2 Å². The Kier molecular flexibility index (Phi) is 3.34. The van der Waals surface area contributed by atoms with E-state index in [1.165, 1.54) is 0 Å². The van der Waals surface area contributed by atoms with Crippen LogP contribution in [0.25, 0.3) is 0 Å². The summed E-state index contributed by atoms with van der Waals surface area (Å²) in [5, 5.41) is 3.71. The summed E-state index contributed by atoms with van der Waals surface area (Å²) in [6, 6.07) is 4.91.